The number of hydrogen-bond acceptors (Lipinski definition) is 4. The molecule has 0 aromatic heterocycles. The zero-order valence-corrected chi connectivity index (χ0v) is 14.0. The van der Waals surface area contributed by atoms with Gasteiger partial charge in [-0.15, -0.1) is 0 Å². The molecule has 0 radical (unpaired) electrons. The highest BCUT2D eigenvalue weighted by Gasteiger charge is 2.48. The van der Waals surface area contributed by atoms with Gasteiger partial charge in [0.2, 0.25) is 0 Å². The van der Waals surface area contributed by atoms with E-state index in [-0.39, 0.29) is 11.8 Å². The molecule has 0 N–H and O–H groups in total. The van der Waals surface area contributed by atoms with Crippen LogP contribution in [0.4, 0.5) is 13.2 Å². The van der Waals surface area contributed by atoms with Crippen molar-refractivity contribution in [1.82, 2.24) is 0 Å². The fraction of sp³-hybridized carbons (Fsp3) is 0.438. The third-order valence-corrected chi connectivity index (χ3v) is 4.14. The van der Waals surface area contributed by atoms with Gasteiger partial charge in [0.15, 0.2) is 12.0 Å². The first-order chi connectivity index (χ1) is 11.2. The lowest BCUT2D eigenvalue weighted by Gasteiger charge is -2.11. The molecule has 0 fully saturated rings. The third-order valence-electron chi connectivity index (χ3n) is 3.18. The summed E-state index contributed by atoms with van der Waals surface area (Å²) in [6, 6.07) is 3.69. The standard InChI is InChI=1S/C16H19F3O4S/c1-2-3-4-5-6-7-8-13-9-10-15(14(11-13)12-20)23-24(21,22)16(17,18)19/h7-12H,2-6H2,1H3. The molecule has 0 unspecified atom stereocenters. The molecule has 0 atom stereocenters. The second kappa shape index (κ2) is 8.86. The van der Waals surface area contributed by atoms with Gasteiger partial charge in [-0.3, -0.25) is 4.79 Å². The van der Waals surface area contributed by atoms with E-state index in [1.54, 1.807) is 6.08 Å². The van der Waals surface area contributed by atoms with Gasteiger partial charge in [-0.25, -0.2) is 0 Å². The van der Waals surface area contributed by atoms with Gasteiger partial charge in [-0.1, -0.05) is 44.4 Å². The number of halogens is 3. The number of unbranched alkanes of at least 4 members (excludes halogenated alkanes) is 4. The number of allylic oxidation sites excluding steroid dienone is 1. The molecule has 0 amide bonds. The number of benzene rings is 1. The van der Waals surface area contributed by atoms with Crippen LogP contribution in [0.2, 0.25) is 0 Å². The maximum absolute atomic E-state index is 12.3. The van der Waals surface area contributed by atoms with Gasteiger partial charge in [0.1, 0.15) is 0 Å². The predicted octanol–water partition coefficient (Wildman–Crippen LogP) is 4.71. The Bertz CT molecular complexity index is 679. The van der Waals surface area contributed by atoms with Gasteiger partial charge in [-0.2, -0.15) is 21.6 Å². The third kappa shape index (κ3) is 5.99. The fourth-order valence-electron chi connectivity index (χ4n) is 1.91. The topological polar surface area (TPSA) is 60.4 Å². The van der Waals surface area contributed by atoms with E-state index >= 15 is 0 Å². The van der Waals surface area contributed by atoms with Crippen molar-refractivity contribution in [3.63, 3.8) is 0 Å². The van der Waals surface area contributed by atoms with Crippen LogP contribution in [0.25, 0.3) is 6.08 Å². The Kier molecular flexibility index (Phi) is 7.47. The van der Waals surface area contributed by atoms with Crippen molar-refractivity contribution in [3.8, 4) is 5.75 Å². The Hall–Kier alpha value is -1.83. The maximum Gasteiger partial charge on any atom is 0.534 e. The van der Waals surface area contributed by atoms with Crippen molar-refractivity contribution < 1.29 is 30.6 Å². The van der Waals surface area contributed by atoms with Crippen molar-refractivity contribution >= 4 is 22.5 Å². The summed E-state index contributed by atoms with van der Waals surface area (Å²) in [4.78, 5) is 11.0. The molecule has 1 rings (SSSR count). The molecule has 0 spiro atoms. The van der Waals surface area contributed by atoms with Gasteiger partial charge in [0.25, 0.3) is 0 Å². The van der Waals surface area contributed by atoms with Crippen molar-refractivity contribution in [2.75, 3.05) is 0 Å². The molecule has 8 heteroatoms. The van der Waals surface area contributed by atoms with Crippen LogP contribution in [0, 0.1) is 0 Å². The summed E-state index contributed by atoms with van der Waals surface area (Å²) in [6.45, 7) is 2.11. The van der Waals surface area contributed by atoms with Crippen LogP contribution in [0.15, 0.2) is 24.3 Å². The van der Waals surface area contributed by atoms with Gasteiger partial charge in [0, 0.05) is 0 Å². The molecule has 4 nitrogen and oxygen atoms in total. The van der Waals surface area contributed by atoms with Crippen LogP contribution in [-0.2, 0) is 10.1 Å². The van der Waals surface area contributed by atoms with Gasteiger partial charge in [-0.05, 0) is 30.5 Å². The van der Waals surface area contributed by atoms with Crippen molar-refractivity contribution in [1.29, 1.82) is 0 Å². The largest absolute Gasteiger partial charge is 0.534 e. The first-order valence-electron chi connectivity index (χ1n) is 7.47. The summed E-state index contributed by atoms with van der Waals surface area (Å²) < 4.78 is 62.9. The molecule has 0 aliphatic heterocycles. The first kappa shape index (κ1) is 20.2. The van der Waals surface area contributed by atoms with Crippen LogP contribution in [-0.4, -0.2) is 20.2 Å². The molecular weight excluding hydrogens is 345 g/mol. The van der Waals surface area contributed by atoms with Gasteiger partial charge in [0.05, 0.1) is 5.56 Å². The molecule has 0 heterocycles. The number of aldehydes is 1. The van der Waals surface area contributed by atoms with Gasteiger partial charge >= 0.3 is 15.6 Å². The van der Waals surface area contributed by atoms with Crippen molar-refractivity contribution in [3.05, 3.63) is 35.4 Å². The highest BCUT2D eigenvalue weighted by molar-refractivity contribution is 7.88. The summed E-state index contributed by atoms with van der Waals surface area (Å²) >= 11 is 0. The number of carbonyl (C=O) groups excluding carboxylic acids is 1. The van der Waals surface area contributed by atoms with E-state index in [0.717, 1.165) is 38.2 Å². The number of alkyl halides is 3. The van der Waals surface area contributed by atoms with E-state index < -0.39 is 21.4 Å². The van der Waals surface area contributed by atoms with Crippen LogP contribution < -0.4 is 4.18 Å². The molecule has 0 saturated heterocycles. The minimum absolute atomic E-state index is 0.250. The van der Waals surface area contributed by atoms with E-state index in [4.69, 9.17) is 0 Å². The highest BCUT2D eigenvalue weighted by atomic mass is 32.2. The lowest BCUT2D eigenvalue weighted by molar-refractivity contribution is -0.0500. The zero-order chi connectivity index (χ0) is 18.2. The van der Waals surface area contributed by atoms with E-state index in [1.165, 1.54) is 12.1 Å². The van der Waals surface area contributed by atoms with E-state index in [2.05, 4.69) is 11.1 Å². The average Bonchev–Trinajstić information content (AvgIpc) is 2.50. The second-order valence-electron chi connectivity index (χ2n) is 5.15. The maximum atomic E-state index is 12.3. The monoisotopic (exact) mass is 364 g/mol. The number of hydrogen-bond donors (Lipinski definition) is 0. The molecule has 0 aliphatic rings. The van der Waals surface area contributed by atoms with Crippen molar-refractivity contribution in [2.24, 2.45) is 0 Å². The SMILES string of the molecule is CCCCCCC=Cc1ccc(OS(=O)(=O)C(F)(F)F)c(C=O)c1. The normalized spacial score (nSPS) is 12.5. The smallest absolute Gasteiger partial charge is 0.375 e. The van der Waals surface area contributed by atoms with E-state index in [9.17, 15) is 26.4 Å². The van der Waals surface area contributed by atoms with E-state index in [1.807, 2.05) is 6.08 Å². The summed E-state index contributed by atoms with van der Waals surface area (Å²) in [5.74, 6) is -0.651. The Morgan fingerprint density at radius 3 is 2.46 bits per heavy atom. The fourth-order valence-corrected chi connectivity index (χ4v) is 2.40. The molecule has 1 aromatic carbocycles. The van der Waals surface area contributed by atoms with Gasteiger partial charge < -0.3 is 4.18 Å². The molecule has 0 bridgehead atoms. The first-order valence-corrected chi connectivity index (χ1v) is 8.88. The molecule has 1 aromatic rings. The summed E-state index contributed by atoms with van der Waals surface area (Å²) in [6.07, 6.45) is 9.14. The second-order valence-corrected chi connectivity index (χ2v) is 6.69. The Morgan fingerprint density at radius 1 is 1.17 bits per heavy atom. The molecule has 24 heavy (non-hydrogen) atoms. The summed E-state index contributed by atoms with van der Waals surface area (Å²) in [7, 11) is -5.80. The highest BCUT2D eigenvalue weighted by Crippen LogP contribution is 2.29. The van der Waals surface area contributed by atoms with Crippen molar-refractivity contribution in [2.45, 2.75) is 44.5 Å². The van der Waals surface area contributed by atoms with E-state index in [0.29, 0.717) is 5.56 Å². The minimum Gasteiger partial charge on any atom is -0.375 e. The quantitative estimate of drug-likeness (QED) is 0.275. The lowest BCUT2D eigenvalue weighted by Crippen LogP contribution is -2.28. The Labute approximate surface area is 139 Å². The number of rotatable bonds is 9. The van der Waals surface area contributed by atoms with Crippen LogP contribution in [0.1, 0.15) is 54.9 Å². The minimum atomic E-state index is -5.80. The summed E-state index contributed by atoms with van der Waals surface area (Å²) in [5.41, 5.74) is -5.25. The van der Waals surface area contributed by atoms with Crippen LogP contribution in [0.5, 0.6) is 5.75 Å². The average molecular weight is 364 g/mol. The Balaban J connectivity index is 2.82. The predicted molar refractivity (Wildman–Crippen MR) is 85.2 cm³/mol. The zero-order valence-electron chi connectivity index (χ0n) is 13.2. The molecular formula is C16H19F3O4S. The van der Waals surface area contributed by atoms with Crippen LogP contribution in [0.3, 0.4) is 0 Å². The Morgan fingerprint density at radius 2 is 1.88 bits per heavy atom. The van der Waals surface area contributed by atoms with Crippen LogP contribution >= 0.6 is 0 Å². The molecule has 0 aliphatic carbocycles. The molecule has 0 saturated carbocycles. The summed E-state index contributed by atoms with van der Waals surface area (Å²) in [5, 5.41) is 0. The lowest BCUT2D eigenvalue weighted by atomic mass is 10.1. The number of carbonyl (C=O) groups is 1. The molecule has 134 valence electrons.